The Morgan fingerprint density at radius 2 is 1.82 bits per heavy atom. The second kappa shape index (κ2) is 12.6. The van der Waals surface area contributed by atoms with Gasteiger partial charge in [0.2, 0.25) is 0 Å². The van der Waals surface area contributed by atoms with Crippen molar-refractivity contribution in [2.45, 2.75) is 45.1 Å². The number of hydrogen-bond donors (Lipinski definition) is 0. The molecule has 39 heavy (non-hydrogen) atoms. The number of rotatable bonds is 4. The average molecular weight is 532 g/mol. The number of halogens is 1. The fraction of sp³-hybridized carbons (Fsp3) is 0.438. The minimum Gasteiger partial charge on any atom is -0.497 e. The highest BCUT2D eigenvalue weighted by molar-refractivity contribution is 5.92. The topological polar surface area (TPSA) is 54.9 Å². The summed E-state index contributed by atoms with van der Waals surface area (Å²) in [5, 5.41) is 0. The number of pyridine rings is 1. The van der Waals surface area contributed by atoms with Crippen LogP contribution >= 0.6 is 0 Å². The molecule has 1 amide bonds. The van der Waals surface area contributed by atoms with Gasteiger partial charge in [0.15, 0.2) is 0 Å². The van der Waals surface area contributed by atoms with Gasteiger partial charge in [0.05, 0.1) is 7.11 Å². The molecule has 1 aromatic heterocycles. The standard InChI is InChI=1S/C32H38FN3O3/c1-38-27-13-17-34-29(22-27)31(37)36-18-15-32(16-19-36)14-7-6-9-25-8-3-5-12-30(25)39-21-20-35(24-32)23-26-10-2-4-11-28(26)33/h2-5,8,10-13,17,22H,6-7,9,14-16,18-21,23-24H2,1H3. The number of nitrogens with zero attached hydrogens (tertiary/aromatic N) is 3. The maximum atomic E-state index is 14.7. The first-order chi connectivity index (χ1) is 19.0. The summed E-state index contributed by atoms with van der Waals surface area (Å²) in [5.41, 5.74) is 2.43. The molecule has 3 heterocycles. The van der Waals surface area contributed by atoms with Gasteiger partial charge in [-0.05, 0) is 61.3 Å². The number of amides is 1. The molecule has 0 N–H and O–H groups in total. The Hall–Kier alpha value is -3.45. The van der Waals surface area contributed by atoms with Crippen LogP contribution in [0.2, 0.25) is 0 Å². The van der Waals surface area contributed by atoms with Gasteiger partial charge in [0.1, 0.15) is 29.6 Å². The van der Waals surface area contributed by atoms with E-state index in [0.29, 0.717) is 49.8 Å². The number of aromatic nitrogens is 1. The van der Waals surface area contributed by atoms with Crippen molar-refractivity contribution in [3.05, 3.63) is 89.5 Å². The van der Waals surface area contributed by atoms with Crippen molar-refractivity contribution in [3.8, 4) is 11.5 Å². The first-order valence-electron chi connectivity index (χ1n) is 14.0. The van der Waals surface area contributed by atoms with Crippen molar-refractivity contribution in [2.24, 2.45) is 5.41 Å². The number of carbonyl (C=O) groups is 1. The number of hydrogen-bond acceptors (Lipinski definition) is 5. The second-order valence-corrected chi connectivity index (χ2v) is 10.8. The predicted octanol–water partition coefficient (Wildman–Crippen LogP) is 5.76. The molecule has 0 unspecified atom stereocenters. The van der Waals surface area contributed by atoms with E-state index in [1.165, 1.54) is 11.6 Å². The monoisotopic (exact) mass is 531 g/mol. The largest absolute Gasteiger partial charge is 0.497 e. The molecule has 7 heteroatoms. The lowest BCUT2D eigenvalue weighted by molar-refractivity contribution is 0.0355. The molecule has 2 aromatic carbocycles. The van der Waals surface area contributed by atoms with Crippen molar-refractivity contribution in [1.29, 1.82) is 0 Å². The molecule has 1 fully saturated rings. The number of benzene rings is 2. The highest BCUT2D eigenvalue weighted by Gasteiger charge is 2.37. The Balaban J connectivity index is 1.33. The van der Waals surface area contributed by atoms with Crippen molar-refractivity contribution < 1.29 is 18.7 Å². The molecule has 2 aliphatic rings. The van der Waals surface area contributed by atoms with Crippen LogP contribution in [0.5, 0.6) is 11.5 Å². The average Bonchev–Trinajstić information content (AvgIpc) is 2.96. The lowest BCUT2D eigenvalue weighted by atomic mass is 9.73. The molecule has 5 rings (SSSR count). The van der Waals surface area contributed by atoms with Gasteiger partial charge in [-0.3, -0.25) is 14.7 Å². The lowest BCUT2D eigenvalue weighted by Gasteiger charge is -2.45. The first-order valence-corrected chi connectivity index (χ1v) is 14.0. The Labute approximate surface area is 230 Å². The molecule has 0 saturated carbocycles. The molecule has 1 saturated heterocycles. The van der Waals surface area contributed by atoms with Crippen LogP contribution in [-0.2, 0) is 13.0 Å². The number of methoxy groups -OCH3 is 1. The number of fused-ring (bicyclic) bond motifs is 1. The summed E-state index contributed by atoms with van der Waals surface area (Å²) in [6, 6.07) is 18.8. The van der Waals surface area contributed by atoms with Crippen LogP contribution in [0.1, 0.15) is 53.7 Å². The zero-order chi connectivity index (χ0) is 27.1. The smallest absolute Gasteiger partial charge is 0.272 e. The number of piperidine rings is 1. The van der Waals surface area contributed by atoms with Crippen molar-refractivity contribution in [2.75, 3.05) is 39.9 Å². The minimum atomic E-state index is -0.171. The molecule has 0 radical (unpaired) electrons. The Kier molecular flexibility index (Phi) is 8.77. The van der Waals surface area contributed by atoms with E-state index in [2.05, 4.69) is 22.0 Å². The summed E-state index contributed by atoms with van der Waals surface area (Å²) in [5.74, 6) is 1.37. The highest BCUT2D eigenvalue weighted by Crippen LogP contribution is 2.39. The Morgan fingerprint density at radius 1 is 1.03 bits per heavy atom. The van der Waals surface area contributed by atoms with E-state index in [9.17, 15) is 9.18 Å². The maximum absolute atomic E-state index is 14.7. The number of aryl methyl sites for hydroxylation is 1. The van der Waals surface area contributed by atoms with Gasteiger partial charge in [-0.25, -0.2) is 4.39 Å². The predicted molar refractivity (Wildman–Crippen MR) is 150 cm³/mol. The minimum absolute atomic E-state index is 0.0508. The molecule has 0 atom stereocenters. The van der Waals surface area contributed by atoms with E-state index >= 15 is 0 Å². The summed E-state index contributed by atoms with van der Waals surface area (Å²) in [6.07, 6.45) is 7.71. The number of para-hydroxylation sites is 1. The van der Waals surface area contributed by atoms with Gasteiger partial charge in [-0.2, -0.15) is 0 Å². The van der Waals surface area contributed by atoms with Crippen molar-refractivity contribution in [3.63, 3.8) is 0 Å². The highest BCUT2D eigenvalue weighted by atomic mass is 19.1. The quantitative estimate of drug-likeness (QED) is 0.429. The maximum Gasteiger partial charge on any atom is 0.272 e. The van der Waals surface area contributed by atoms with Gasteiger partial charge in [0.25, 0.3) is 5.91 Å². The number of carbonyl (C=O) groups excluding carboxylic acids is 1. The van der Waals surface area contributed by atoms with Crippen molar-refractivity contribution >= 4 is 5.91 Å². The Morgan fingerprint density at radius 3 is 2.64 bits per heavy atom. The molecule has 6 nitrogen and oxygen atoms in total. The SMILES string of the molecule is COc1ccnc(C(=O)N2CCC3(CCCCc4ccccc4OCCN(Cc4ccccc4F)C3)CC2)c1. The Bertz CT molecular complexity index is 1260. The third kappa shape index (κ3) is 6.77. The van der Waals surface area contributed by atoms with E-state index in [1.54, 1.807) is 31.5 Å². The summed E-state index contributed by atoms with van der Waals surface area (Å²) < 4.78 is 26.2. The molecule has 0 bridgehead atoms. The lowest BCUT2D eigenvalue weighted by Crippen LogP contribution is -2.48. The molecular formula is C32H38FN3O3. The van der Waals surface area contributed by atoms with Crippen LogP contribution < -0.4 is 9.47 Å². The summed E-state index contributed by atoms with van der Waals surface area (Å²) in [7, 11) is 1.59. The fourth-order valence-electron chi connectivity index (χ4n) is 6.00. The summed E-state index contributed by atoms with van der Waals surface area (Å²) in [6.45, 7) is 4.02. The normalized spacial score (nSPS) is 18.4. The molecular weight excluding hydrogens is 493 g/mol. The van der Waals surface area contributed by atoms with Crippen molar-refractivity contribution in [1.82, 2.24) is 14.8 Å². The van der Waals surface area contributed by atoms with Gasteiger partial charge >= 0.3 is 0 Å². The van der Waals surface area contributed by atoms with Crippen LogP contribution in [0.15, 0.2) is 66.9 Å². The zero-order valence-corrected chi connectivity index (χ0v) is 22.8. The third-order valence-electron chi connectivity index (χ3n) is 8.25. The van der Waals surface area contributed by atoms with E-state index in [-0.39, 0.29) is 17.1 Å². The van der Waals surface area contributed by atoms with E-state index < -0.39 is 0 Å². The number of likely N-dealkylation sites (tertiary alicyclic amines) is 1. The zero-order valence-electron chi connectivity index (χ0n) is 22.8. The third-order valence-corrected chi connectivity index (χ3v) is 8.25. The summed E-state index contributed by atoms with van der Waals surface area (Å²) in [4.78, 5) is 21.8. The molecule has 1 spiro atoms. The molecule has 2 aliphatic heterocycles. The van der Waals surface area contributed by atoms with Gasteiger partial charge in [-0.15, -0.1) is 0 Å². The van der Waals surface area contributed by atoms with Crippen LogP contribution in [0.4, 0.5) is 4.39 Å². The van der Waals surface area contributed by atoms with Gasteiger partial charge in [-0.1, -0.05) is 42.8 Å². The van der Waals surface area contributed by atoms with Crippen LogP contribution in [0.3, 0.4) is 0 Å². The molecule has 3 aromatic rings. The fourth-order valence-corrected chi connectivity index (χ4v) is 6.00. The van der Waals surface area contributed by atoms with Gasteiger partial charge < -0.3 is 14.4 Å². The van der Waals surface area contributed by atoms with E-state index in [1.807, 2.05) is 29.2 Å². The second-order valence-electron chi connectivity index (χ2n) is 10.8. The summed E-state index contributed by atoms with van der Waals surface area (Å²) >= 11 is 0. The van der Waals surface area contributed by atoms with Crippen LogP contribution in [0, 0.1) is 11.2 Å². The molecule has 0 aliphatic carbocycles. The van der Waals surface area contributed by atoms with Crippen LogP contribution in [-0.4, -0.2) is 60.6 Å². The number of ether oxygens (including phenoxy) is 2. The van der Waals surface area contributed by atoms with E-state index in [4.69, 9.17) is 9.47 Å². The van der Waals surface area contributed by atoms with Crippen LogP contribution in [0.25, 0.3) is 0 Å². The first kappa shape index (κ1) is 27.1. The van der Waals surface area contributed by atoms with Gasteiger partial charge in [0, 0.05) is 50.6 Å². The van der Waals surface area contributed by atoms with E-state index in [0.717, 1.165) is 50.8 Å². The molecule has 206 valence electrons.